The quantitative estimate of drug-likeness (QED) is 0.399. The standard InChI is InChI=1S/C20H24N2O6S/c1-25-19(24)13-4-5-16-17(9-13)21-20(29-11-15-6-8-26-12-28-15)22(18(16)23)10-14-3-2-7-27-14/h4-5,9,14-15H,2-3,6-8,10-12H2,1H3/t14-,15+/m1/s1. The first kappa shape index (κ1) is 20.3. The summed E-state index contributed by atoms with van der Waals surface area (Å²) in [6.45, 7) is 2.15. The van der Waals surface area contributed by atoms with Crippen LogP contribution in [0, 0.1) is 0 Å². The maximum absolute atomic E-state index is 13.2. The Morgan fingerprint density at radius 3 is 2.90 bits per heavy atom. The van der Waals surface area contributed by atoms with Gasteiger partial charge in [-0.05, 0) is 37.5 Å². The maximum Gasteiger partial charge on any atom is 0.337 e. The number of aromatic nitrogens is 2. The SMILES string of the molecule is COC(=O)c1ccc2c(=O)n(C[C@H]3CCCO3)c(SC[C@@H]3CCOCO3)nc2c1. The Hall–Kier alpha value is -1.94. The zero-order chi connectivity index (χ0) is 20.2. The first-order chi connectivity index (χ1) is 14.2. The molecule has 29 heavy (non-hydrogen) atoms. The van der Waals surface area contributed by atoms with Gasteiger partial charge >= 0.3 is 5.97 Å². The lowest BCUT2D eigenvalue weighted by Crippen LogP contribution is -2.30. The number of carbonyl (C=O) groups is 1. The first-order valence-corrected chi connectivity index (χ1v) is 10.7. The third-order valence-electron chi connectivity index (χ3n) is 5.12. The molecule has 2 aliphatic rings. The molecule has 0 spiro atoms. The van der Waals surface area contributed by atoms with Gasteiger partial charge in [-0.2, -0.15) is 0 Å². The van der Waals surface area contributed by atoms with E-state index in [2.05, 4.69) is 0 Å². The number of esters is 1. The van der Waals surface area contributed by atoms with Crippen LogP contribution in [0.1, 0.15) is 29.6 Å². The number of fused-ring (bicyclic) bond motifs is 1. The molecule has 0 aliphatic carbocycles. The number of nitrogens with zero attached hydrogens (tertiary/aromatic N) is 2. The summed E-state index contributed by atoms with van der Waals surface area (Å²) >= 11 is 1.49. The summed E-state index contributed by atoms with van der Waals surface area (Å²) < 4.78 is 23.1. The van der Waals surface area contributed by atoms with Crippen LogP contribution in [0.25, 0.3) is 10.9 Å². The Kier molecular flexibility index (Phi) is 6.49. The average Bonchev–Trinajstić information content (AvgIpc) is 3.27. The topological polar surface area (TPSA) is 88.9 Å². The Bertz CT molecular complexity index is 934. The van der Waals surface area contributed by atoms with Gasteiger partial charge in [-0.25, -0.2) is 9.78 Å². The highest BCUT2D eigenvalue weighted by molar-refractivity contribution is 7.99. The second-order valence-corrected chi connectivity index (χ2v) is 8.07. The second kappa shape index (κ2) is 9.25. The molecule has 0 saturated carbocycles. The number of hydrogen-bond donors (Lipinski definition) is 0. The molecule has 1 aromatic carbocycles. The van der Waals surface area contributed by atoms with E-state index in [1.165, 1.54) is 18.9 Å². The molecule has 0 amide bonds. The van der Waals surface area contributed by atoms with Gasteiger partial charge in [-0.3, -0.25) is 9.36 Å². The monoisotopic (exact) mass is 420 g/mol. The van der Waals surface area contributed by atoms with Crippen molar-refractivity contribution < 1.29 is 23.7 Å². The van der Waals surface area contributed by atoms with Crippen molar-refractivity contribution in [3.63, 3.8) is 0 Å². The Morgan fingerprint density at radius 2 is 2.17 bits per heavy atom. The predicted molar refractivity (Wildman–Crippen MR) is 107 cm³/mol. The summed E-state index contributed by atoms with van der Waals surface area (Å²) in [4.78, 5) is 29.8. The Morgan fingerprint density at radius 1 is 1.28 bits per heavy atom. The molecule has 0 N–H and O–H groups in total. The van der Waals surface area contributed by atoms with E-state index in [1.54, 1.807) is 22.8 Å². The fourth-order valence-corrected chi connectivity index (χ4v) is 4.58. The average molecular weight is 420 g/mol. The minimum Gasteiger partial charge on any atom is -0.465 e. The van der Waals surface area contributed by atoms with Crippen molar-refractivity contribution in [3.8, 4) is 0 Å². The highest BCUT2D eigenvalue weighted by Gasteiger charge is 2.22. The molecule has 4 rings (SSSR count). The first-order valence-electron chi connectivity index (χ1n) is 9.72. The number of benzene rings is 1. The van der Waals surface area contributed by atoms with Crippen LogP contribution in [-0.4, -0.2) is 60.6 Å². The van der Waals surface area contributed by atoms with Crippen molar-refractivity contribution in [2.24, 2.45) is 0 Å². The number of ether oxygens (including phenoxy) is 4. The number of rotatable bonds is 6. The molecule has 2 aromatic rings. The molecule has 2 fully saturated rings. The van der Waals surface area contributed by atoms with Crippen LogP contribution in [-0.2, 0) is 25.5 Å². The highest BCUT2D eigenvalue weighted by Crippen LogP contribution is 2.24. The van der Waals surface area contributed by atoms with Crippen LogP contribution in [0.15, 0.2) is 28.2 Å². The van der Waals surface area contributed by atoms with Gasteiger partial charge in [0.1, 0.15) is 6.79 Å². The summed E-state index contributed by atoms with van der Waals surface area (Å²) in [6.07, 6.45) is 2.81. The van der Waals surface area contributed by atoms with Crippen molar-refractivity contribution in [2.75, 3.05) is 32.9 Å². The number of hydrogen-bond acceptors (Lipinski definition) is 8. The van der Waals surface area contributed by atoms with Crippen LogP contribution >= 0.6 is 11.8 Å². The van der Waals surface area contributed by atoms with E-state index in [4.69, 9.17) is 23.9 Å². The molecular weight excluding hydrogens is 396 g/mol. The second-order valence-electron chi connectivity index (χ2n) is 7.08. The van der Waals surface area contributed by atoms with E-state index in [0.717, 1.165) is 25.9 Å². The van der Waals surface area contributed by atoms with Gasteiger partial charge in [0.05, 0.1) is 48.9 Å². The molecular formula is C20H24N2O6S. The molecule has 3 heterocycles. The van der Waals surface area contributed by atoms with Crippen LogP contribution in [0.4, 0.5) is 0 Å². The predicted octanol–water partition coefficient (Wildman–Crippen LogP) is 2.22. The summed E-state index contributed by atoms with van der Waals surface area (Å²) in [7, 11) is 1.33. The van der Waals surface area contributed by atoms with E-state index < -0.39 is 5.97 Å². The molecule has 0 unspecified atom stereocenters. The van der Waals surface area contributed by atoms with Gasteiger partial charge in [-0.1, -0.05) is 11.8 Å². The lowest BCUT2D eigenvalue weighted by atomic mass is 10.1. The van der Waals surface area contributed by atoms with Gasteiger partial charge in [0.25, 0.3) is 5.56 Å². The minimum atomic E-state index is -0.456. The molecule has 8 nitrogen and oxygen atoms in total. The third-order valence-corrected chi connectivity index (χ3v) is 6.23. The minimum absolute atomic E-state index is 0.0139. The lowest BCUT2D eigenvalue weighted by molar-refractivity contribution is -0.130. The van der Waals surface area contributed by atoms with Crippen molar-refractivity contribution >= 4 is 28.6 Å². The number of carbonyl (C=O) groups excluding carboxylic acids is 1. The smallest absolute Gasteiger partial charge is 0.337 e. The van der Waals surface area contributed by atoms with Gasteiger partial charge in [0, 0.05) is 12.4 Å². The van der Waals surface area contributed by atoms with Gasteiger partial charge in [0.15, 0.2) is 5.16 Å². The van der Waals surface area contributed by atoms with Crippen LogP contribution in [0.2, 0.25) is 0 Å². The molecule has 2 saturated heterocycles. The fraction of sp³-hybridized carbons (Fsp3) is 0.550. The molecule has 2 aliphatic heterocycles. The largest absolute Gasteiger partial charge is 0.465 e. The zero-order valence-electron chi connectivity index (χ0n) is 16.3. The highest BCUT2D eigenvalue weighted by atomic mass is 32.2. The van der Waals surface area contributed by atoms with E-state index in [9.17, 15) is 9.59 Å². The third kappa shape index (κ3) is 4.63. The zero-order valence-corrected chi connectivity index (χ0v) is 17.1. The van der Waals surface area contributed by atoms with Crippen LogP contribution in [0.3, 0.4) is 0 Å². The Labute approximate surface area is 172 Å². The van der Waals surface area contributed by atoms with Crippen LogP contribution in [0.5, 0.6) is 0 Å². The molecule has 0 radical (unpaired) electrons. The molecule has 156 valence electrons. The van der Waals surface area contributed by atoms with Gasteiger partial charge < -0.3 is 18.9 Å². The number of thioether (sulfide) groups is 1. The molecule has 2 atom stereocenters. The van der Waals surface area contributed by atoms with Gasteiger partial charge in [-0.15, -0.1) is 0 Å². The van der Waals surface area contributed by atoms with E-state index in [0.29, 0.717) is 47.3 Å². The normalized spacial score (nSPS) is 22.1. The van der Waals surface area contributed by atoms with Crippen molar-refractivity contribution in [1.29, 1.82) is 0 Å². The van der Waals surface area contributed by atoms with E-state index in [1.807, 2.05) is 0 Å². The molecule has 1 aromatic heterocycles. The summed E-state index contributed by atoms with van der Waals surface area (Å²) in [5, 5.41) is 1.08. The Balaban J connectivity index is 1.68. The summed E-state index contributed by atoms with van der Waals surface area (Å²) in [5.41, 5.74) is 0.724. The van der Waals surface area contributed by atoms with Gasteiger partial charge in [0.2, 0.25) is 0 Å². The van der Waals surface area contributed by atoms with Crippen molar-refractivity contribution in [3.05, 3.63) is 34.1 Å². The number of methoxy groups -OCH3 is 1. The van der Waals surface area contributed by atoms with Crippen molar-refractivity contribution in [2.45, 2.75) is 43.2 Å². The molecule has 0 bridgehead atoms. The molecule has 9 heteroatoms. The van der Waals surface area contributed by atoms with Crippen molar-refractivity contribution in [1.82, 2.24) is 9.55 Å². The van der Waals surface area contributed by atoms with E-state index in [-0.39, 0.29) is 17.8 Å². The maximum atomic E-state index is 13.2. The summed E-state index contributed by atoms with van der Waals surface area (Å²) in [5.74, 6) is 0.214. The van der Waals surface area contributed by atoms with Crippen LogP contribution < -0.4 is 5.56 Å². The van der Waals surface area contributed by atoms with E-state index >= 15 is 0 Å². The fourth-order valence-electron chi connectivity index (χ4n) is 3.51. The lowest BCUT2D eigenvalue weighted by Gasteiger charge is -2.23. The summed E-state index contributed by atoms with van der Waals surface area (Å²) in [6, 6.07) is 4.84.